The normalized spacial score (nSPS) is 20.3. The third-order valence-electron chi connectivity index (χ3n) is 5.81. The van der Waals surface area contributed by atoms with E-state index in [1.807, 2.05) is 0 Å². The number of rotatable bonds is 5. The fraction of sp³-hybridized carbons (Fsp3) is 0.478. The monoisotopic (exact) mass is 363 g/mol. The number of hydrogen-bond donors (Lipinski definition) is 0. The van der Waals surface area contributed by atoms with Gasteiger partial charge in [-0.25, -0.2) is 0 Å². The minimum absolute atomic E-state index is 0.137. The number of carbonyl (C=O) groups excluding carboxylic acids is 1. The first-order chi connectivity index (χ1) is 13.2. The van der Waals surface area contributed by atoms with Gasteiger partial charge >= 0.3 is 0 Å². The summed E-state index contributed by atoms with van der Waals surface area (Å²) in [6.45, 7) is 5.67. The van der Waals surface area contributed by atoms with E-state index in [1.54, 1.807) is 0 Å². The molecule has 2 fully saturated rings. The van der Waals surface area contributed by atoms with E-state index in [4.69, 9.17) is 4.98 Å². The summed E-state index contributed by atoms with van der Waals surface area (Å²) in [5.74, 6) is 0.269. The van der Waals surface area contributed by atoms with Gasteiger partial charge in [-0.15, -0.1) is 0 Å². The molecule has 0 aliphatic carbocycles. The highest BCUT2D eigenvalue weighted by molar-refractivity contribution is 5.79. The molecule has 1 amide bonds. The van der Waals surface area contributed by atoms with Crippen molar-refractivity contribution in [3.05, 3.63) is 65.0 Å². The van der Waals surface area contributed by atoms with Gasteiger partial charge in [-0.3, -0.25) is 14.7 Å². The fourth-order valence-electron chi connectivity index (χ4n) is 4.29. The lowest BCUT2D eigenvalue weighted by atomic mass is 10.1. The number of nitrogens with zero attached hydrogens (tertiary/aromatic N) is 3. The highest BCUT2D eigenvalue weighted by Gasteiger charge is 2.32. The molecule has 0 unspecified atom stereocenters. The zero-order valence-electron chi connectivity index (χ0n) is 16.2. The molecule has 2 aliphatic heterocycles. The van der Waals surface area contributed by atoms with E-state index in [0.29, 0.717) is 6.54 Å². The molecular weight excluding hydrogens is 334 g/mol. The molecule has 2 aliphatic rings. The molecule has 0 radical (unpaired) electrons. The van der Waals surface area contributed by atoms with Crippen LogP contribution in [0.25, 0.3) is 0 Å². The number of amides is 1. The first-order valence-electron chi connectivity index (χ1n) is 10.2. The van der Waals surface area contributed by atoms with Crippen LogP contribution in [0.2, 0.25) is 0 Å². The summed E-state index contributed by atoms with van der Waals surface area (Å²) in [6, 6.07) is 15.0. The van der Waals surface area contributed by atoms with Gasteiger partial charge in [-0.05, 0) is 63.4 Å². The third-order valence-corrected chi connectivity index (χ3v) is 5.81. The van der Waals surface area contributed by atoms with Gasteiger partial charge in [0.15, 0.2) is 0 Å². The SMILES string of the molecule is Cc1ccc(Cc2cccc([C@@H]3CCCN3C(=O)CN3CCCC3)n2)cc1. The summed E-state index contributed by atoms with van der Waals surface area (Å²) in [7, 11) is 0. The minimum atomic E-state index is 0.137. The predicted molar refractivity (Wildman–Crippen MR) is 108 cm³/mol. The highest BCUT2D eigenvalue weighted by atomic mass is 16.2. The molecule has 27 heavy (non-hydrogen) atoms. The van der Waals surface area contributed by atoms with Crippen molar-refractivity contribution in [2.45, 2.75) is 45.1 Å². The maximum absolute atomic E-state index is 12.8. The van der Waals surface area contributed by atoms with Crippen molar-refractivity contribution in [3.8, 4) is 0 Å². The van der Waals surface area contributed by atoms with E-state index in [0.717, 1.165) is 50.3 Å². The number of pyridine rings is 1. The molecule has 4 rings (SSSR count). The summed E-state index contributed by atoms with van der Waals surface area (Å²) < 4.78 is 0. The third kappa shape index (κ3) is 4.38. The van der Waals surface area contributed by atoms with Crippen LogP contribution in [0.15, 0.2) is 42.5 Å². The lowest BCUT2D eigenvalue weighted by molar-refractivity contribution is -0.133. The van der Waals surface area contributed by atoms with Gasteiger partial charge in [-0.2, -0.15) is 0 Å². The van der Waals surface area contributed by atoms with Crippen molar-refractivity contribution in [1.29, 1.82) is 0 Å². The quantitative estimate of drug-likeness (QED) is 0.812. The van der Waals surface area contributed by atoms with Crippen molar-refractivity contribution in [2.24, 2.45) is 0 Å². The van der Waals surface area contributed by atoms with Crippen LogP contribution in [0.3, 0.4) is 0 Å². The van der Waals surface area contributed by atoms with Crippen LogP contribution in [0, 0.1) is 6.92 Å². The van der Waals surface area contributed by atoms with Crippen LogP contribution in [0.4, 0.5) is 0 Å². The van der Waals surface area contributed by atoms with Crippen LogP contribution in [0.5, 0.6) is 0 Å². The molecule has 4 nitrogen and oxygen atoms in total. The second-order valence-corrected chi connectivity index (χ2v) is 7.94. The second kappa shape index (κ2) is 8.22. The molecule has 1 aromatic heterocycles. The first-order valence-corrected chi connectivity index (χ1v) is 10.2. The van der Waals surface area contributed by atoms with Crippen molar-refractivity contribution in [3.63, 3.8) is 0 Å². The first kappa shape index (κ1) is 18.2. The molecular formula is C23H29N3O. The van der Waals surface area contributed by atoms with Crippen LogP contribution in [0.1, 0.15) is 54.2 Å². The topological polar surface area (TPSA) is 36.4 Å². The maximum atomic E-state index is 12.8. The van der Waals surface area contributed by atoms with Gasteiger partial charge in [0, 0.05) is 18.7 Å². The lowest BCUT2D eigenvalue weighted by Gasteiger charge is -2.27. The van der Waals surface area contributed by atoms with Gasteiger partial charge in [0.05, 0.1) is 18.3 Å². The molecule has 3 heterocycles. The Labute approximate surface area is 162 Å². The predicted octanol–water partition coefficient (Wildman–Crippen LogP) is 3.74. The molecule has 0 saturated carbocycles. The average molecular weight is 364 g/mol. The molecule has 142 valence electrons. The van der Waals surface area contributed by atoms with E-state index >= 15 is 0 Å². The van der Waals surface area contributed by atoms with Crippen LogP contribution in [-0.2, 0) is 11.2 Å². The van der Waals surface area contributed by atoms with Crippen LogP contribution < -0.4 is 0 Å². The standard InChI is InChI=1S/C23H29N3O/c1-18-9-11-19(12-10-18)16-20-6-4-7-21(24-20)22-8-5-15-26(22)23(27)17-25-13-2-3-14-25/h4,6-7,9-12,22H,2-3,5,8,13-17H2,1H3/t22-/m0/s1. The van der Waals surface area contributed by atoms with E-state index in [9.17, 15) is 4.79 Å². The second-order valence-electron chi connectivity index (χ2n) is 7.94. The number of hydrogen-bond acceptors (Lipinski definition) is 3. The summed E-state index contributed by atoms with van der Waals surface area (Å²) in [6.07, 6.45) is 5.37. The van der Waals surface area contributed by atoms with Crippen molar-refractivity contribution < 1.29 is 4.79 Å². The molecule has 1 aromatic carbocycles. The molecule has 0 N–H and O–H groups in total. The summed E-state index contributed by atoms with van der Waals surface area (Å²) >= 11 is 0. The Morgan fingerprint density at radius 3 is 2.59 bits per heavy atom. The minimum Gasteiger partial charge on any atom is -0.333 e. The molecule has 0 bridgehead atoms. The lowest BCUT2D eigenvalue weighted by Crippen LogP contribution is -2.39. The van der Waals surface area contributed by atoms with Gasteiger partial charge in [0.2, 0.25) is 5.91 Å². The highest BCUT2D eigenvalue weighted by Crippen LogP contribution is 2.31. The van der Waals surface area contributed by atoms with Crippen molar-refractivity contribution in [2.75, 3.05) is 26.2 Å². The zero-order chi connectivity index (χ0) is 18.6. The Hall–Kier alpha value is -2.20. The van der Waals surface area contributed by atoms with Crippen molar-refractivity contribution >= 4 is 5.91 Å². The van der Waals surface area contributed by atoms with Gasteiger partial charge in [0.25, 0.3) is 0 Å². The Balaban J connectivity index is 1.46. The van der Waals surface area contributed by atoms with Crippen LogP contribution in [-0.4, -0.2) is 46.9 Å². The number of carbonyl (C=O) groups is 1. The van der Waals surface area contributed by atoms with Gasteiger partial charge < -0.3 is 4.90 Å². The Bertz CT molecular complexity index is 780. The molecule has 2 saturated heterocycles. The summed E-state index contributed by atoms with van der Waals surface area (Å²) in [5, 5.41) is 0. The van der Waals surface area contributed by atoms with Crippen molar-refractivity contribution in [1.82, 2.24) is 14.8 Å². The number of benzene rings is 1. The van der Waals surface area contributed by atoms with E-state index in [-0.39, 0.29) is 11.9 Å². The maximum Gasteiger partial charge on any atom is 0.237 e. The largest absolute Gasteiger partial charge is 0.333 e. The molecule has 2 aromatic rings. The van der Waals surface area contributed by atoms with E-state index in [1.165, 1.54) is 24.0 Å². The smallest absolute Gasteiger partial charge is 0.237 e. The van der Waals surface area contributed by atoms with E-state index < -0.39 is 0 Å². The molecule has 4 heteroatoms. The number of likely N-dealkylation sites (tertiary alicyclic amines) is 2. The Kier molecular flexibility index (Phi) is 5.53. The zero-order valence-corrected chi connectivity index (χ0v) is 16.2. The summed E-state index contributed by atoms with van der Waals surface area (Å²) in [5.41, 5.74) is 4.68. The molecule has 0 spiro atoms. The number of aromatic nitrogens is 1. The molecule has 1 atom stereocenters. The van der Waals surface area contributed by atoms with Gasteiger partial charge in [0.1, 0.15) is 0 Å². The average Bonchev–Trinajstić information content (AvgIpc) is 3.35. The van der Waals surface area contributed by atoms with E-state index in [2.05, 4.69) is 59.2 Å². The Morgan fingerprint density at radius 2 is 1.81 bits per heavy atom. The Morgan fingerprint density at radius 1 is 1.04 bits per heavy atom. The summed E-state index contributed by atoms with van der Waals surface area (Å²) in [4.78, 5) is 22.1. The van der Waals surface area contributed by atoms with Gasteiger partial charge in [-0.1, -0.05) is 35.9 Å². The number of aryl methyl sites for hydroxylation is 1. The van der Waals surface area contributed by atoms with Crippen LogP contribution >= 0.6 is 0 Å². The fourth-order valence-corrected chi connectivity index (χ4v) is 4.29.